The van der Waals surface area contributed by atoms with Crippen LogP contribution < -0.4 is 0 Å². The second kappa shape index (κ2) is 6.45. The molecule has 0 spiro atoms. The Bertz CT molecular complexity index is 711. The molecule has 0 unspecified atom stereocenters. The van der Waals surface area contributed by atoms with Crippen molar-refractivity contribution in [2.45, 2.75) is 36.7 Å². The van der Waals surface area contributed by atoms with Crippen molar-refractivity contribution >= 4 is 21.4 Å². The van der Waals surface area contributed by atoms with Crippen LogP contribution in [0.1, 0.15) is 24.6 Å². The predicted octanol–water partition coefficient (Wildman–Crippen LogP) is 1.81. The highest BCUT2D eigenvalue weighted by Gasteiger charge is 2.31. The van der Waals surface area contributed by atoms with E-state index in [1.165, 1.54) is 15.6 Å². The van der Waals surface area contributed by atoms with Crippen LogP contribution in [-0.2, 0) is 21.4 Å². The second-order valence-electron chi connectivity index (χ2n) is 5.11. The summed E-state index contributed by atoms with van der Waals surface area (Å²) >= 11 is 1.23. The van der Waals surface area contributed by atoms with Gasteiger partial charge in [-0.25, -0.2) is 8.42 Å². The zero-order valence-corrected chi connectivity index (χ0v) is 13.8. The van der Waals surface area contributed by atoms with Gasteiger partial charge in [0, 0.05) is 13.1 Å². The van der Waals surface area contributed by atoms with Crippen LogP contribution in [0.3, 0.4) is 0 Å². The molecule has 2 aromatic heterocycles. The highest BCUT2D eigenvalue weighted by Crippen LogP contribution is 2.25. The van der Waals surface area contributed by atoms with Crippen molar-refractivity contribution in [3.8, 4) is 0 Å². The van der Waals surface area contributed by atoms with E-state index < -0.39 is 10.0 Å². The van der Waals surface area contributed by atoms with E-state index in [9.17, 15) is 8.42 Å². The van der Waals surface area contributed by atoms with Crippen molar-refractivity contribution in [3.05, 3.63) is 29.2 Å². The quantitative estimate of drug-likeness (QED) is 0.823. The number of thiophene rings is 1. The van der Waals surface area contributed by atoms with Crippen LogP contribution >= 0.6 is 11.3 Å². The van der Waals surface area contributed by atoms with Crippen LogP contribution in [0.5, 0.6) is 0 Å². The van der Waals surface area contributed by atoms with E-state index in [4.69, 9.17) is 9.26 Å². The smallest absolute Gasteiger partial charge is 0.252 e. The SMILES string of the molecule is Cc1noc(CO[C@H]2CCCN(S(=O)(=O)c3cccs3)C2)n1. The van der Waals surface area contributed by atoms with Crippen LogP contribution in [0, 0.1) is 6.92 Å². The van der Waals surface area contributed by atoms with Gasteiger partial charge in [0.2, 0.25) is 0 Å². The molecule has 7 nitrogen and oxygen atoms in total. The van der Waals surface area contributed by atoms with E-state index in [0.29, 0.717) is 29.0 Å². The fourth-order valence-corrected chi connectivity index (χ4v) is 5.04. The highest BCUT2D eigenvalue weighted by atomic mass is 32.2. The molecule has 0 radical (unpaired) electrons. The first kappa shape index (κ1) is 15.6. The number of hydrogen-bond acceptors (Lipinski definition) is 7. The Morgan fingerprint density at radius 1 is 1.55 bits per heavy atom. The Hall–Kier alpha value is -1.29. The molecule has 0 amide bonds. The molecule has 1 atom stereocenters. The Labute approximate surface area is 132 Å². The minimum atomic E-state index is -3.41. The third kappa shape index (κ3) is 3.37. The van der Waals surface area contributed by atoms with E-state index >= 15 is 0 Å². The molecule has 3 heterocycles. The normalized spacial score (nSPS) is 20.3. The van der Waals surface area contributed by atoms with Gasteiger partial charge in [0.25, 0.3) is 15.9 Å². The van der Waals surface area contributed by atoms with Crippen molar-refractivity contribution in [1.82, 2.24) is 14.4 Å². The summed E-state index contributed by atoms with van der Waals surface area (Å²) in [4.78, 5) is 4.07. The van der Waals surface area contributed by atoms with Crippen LogP contribution in [0.2, 0.25) is 0 Å². The van der Waals surface area contributed by atoms with Gasteiger partial charge < -0.3 is 9.26 Å². The maximum atomic E-state index is 12.5. The molecule has 3 rings (SSSR count). The summed E-state index contributed by atoms with van der Waals surface area (Å²) in [6.07, 6.45) is 1.44. The van der Waals surface area contributed by atoms with E-state index in [1.54, 1.807) is 24.4 Å². The number of aromatic nitrogens is 2. The topological polar surface area (TPSA) is 85.5 Å². The van der Waals surface area contributed by atoms with Gasteiger partial charge in [-0.05, 0) is 31.2 Å². The van der Waals surface area contributed by atoms with Crippen LogP contribution in [0.15, 0.2) is 26.2 Å². The van der Waals surface area contributed by atoms with Gasteiger partial charge in [-0.2, -0.15) is 9.29 Å². The Balaban J connectivity index is 1.62. The standard InChI is InChI=1S/C13H17N3O4S2/c1-10-14-12(20-15-10)9-19-11-4-2-6-16(8-11)22(17,18)13-5-3-7-21-13/h3,5,7,11H,2,4,6,8-9H2,1H3/t11-/m0/s1. The zero-order valence-electron chi connectivity index (χ0n) is 12.1. The number of aryl methyl sites for hydroxylation is 1. The van der Waals surface area contributed by atoms with Crippen molar-refractivity contribution in [3.63, 3.8) is 0 Å². The Morgan fingerprint density at radius 2 is 2.41 bits per heavy atom. The summed E-state index contributed by atoms with van der Waals surface area (Å²) in [6.45, 7) is 2.83. The molecule has 1 aliphatic rings. The number of nitrogens with zero attached hydrogens (tertiary/aromatic N) is 3. The van der Waals surface area contributed by atoms with E-state index in [-0.39, 0.29) is 12.7 Å². The first-order chi connectivity index (χ1) is 10.6. The van der Waals surface area contributed by atoms with Gasteiger partial charge in [-0.1, -0.05) is 11.2 Å². The molecule has 22 heavy (non-hydrogen) atoms. The first-order valence-electron chi connectivity index (χ1n) is 7.00. The molecule has 0 aliphatic carbocycles. The maximum Gasteiger partial charge on any atom is 0.252 e. The Kier molecular flexibility index (Phi) is 4.57. The third-order valence-corrected chi connectivity index (χ3v) is 6.68. The summed E-state index contributed by atoms with van der Waals surface area (Å²) in [5.41, 5.74) is 0. The molecule has 0 N–H and O–H groups in total. The summed E-state index contributed by atoms with van der Waals surface area (Å²) in [5, 5.41) is 5.46. The number of sulfonamides is 1. The fraction of sp³-hybridized carbons (Fsp3) is 0.538. The molecular formula is C13H17N3O4S2. The van der Waals surface area contributed by atoms with E-state index in [2.05, 4.69) is 10.1 Å². The summed E-state index contributed by atoms with van der Waals surface area (Å²) < 4.78 is 37.6. The van der Waals surface area contributed by atoms with Gasteiger partial charge in [-0.3, -0.25) is 0 Å². The monoisotopic (exact) mass is 343 g/mol. The van der Waals surface area contributed by atoms with Crippen molar-refractivity contribution in [1.29, 1.82) is 0 Å². The maximum absolute atomic E-state index is 12.5. The summed E-state index contributed by atoms with van der Waals surface area (Å²) in [7, 11) is -3.41. The van der Waals surface area contributed by atoms with Gasteiger partial charge in [-0.15, -0.1) is 11.3 Å². The molecule has 1 saturated heterocycles. The third-order valence-electron chi connectivity index (χ3n) is 3.44. The largest absolute Gasteiger partial charge is 0.367 e. The van der Waals surface area contributed by atoms with Crippen LogP contribution in [0.25, 0.3) is 0 Å². The minimum Gasteiger partial charge on any atom is -0.367 e. The van der Waals surface area contributed by atoms with Crippen molar-refractivity contribution in [2.24, 2.45) is 0 Å². The van der Waals surface area contributed by atoms with Crippen molar-refractivity contribution in [2.75, 3.05) is 13.1 Å². The molecular weight excluding hydrogens is 326 g/mol. The lowest BCUT2D eigenvalue weighted by molar-refractivity contribution is -0.00293. The molecule has 1 fully saturated rings. The van der Waals surface area contributed by atoms with Crippen LogP contribution in [0.4, 0.5) is 0 Å². The number of hydrogen-bond donors (Lipinski definition) is 0. The highest BCUT2D eigenvalue weighted by molar-refractivity contribution is 7.91. The van der Waals surface area contributed by atoms with Gasteiger partial charge >= 0.3 is 0 Å². The number of rotatable bonds is 5. The predicted molar refractivity (Wildman–Crippen MR) is 79.9 cm³/mol. The lowest BCUT2D eigenvalue weighted by Crippen LogP contribution is -2.42. The fourth-order valence-electron chi connectivity index (χ4n) is 2.38. The first-order valence-corrected chi connectivity index (χ1v) is 9.32. The van der Waals surface area contributed by atoms with Gasteiger partial charge in [0.1, 0.15) is 10.8 Å². The molecule has 1 aliphatic heterocycles. The lowest BCUT2D eigenvalue weighted by atomic mass is 10.1. The summed E-state index contributed by atoms with van der Waals surface area (Å²) in [5.74, 6) is 0.972. The zero-order chi connectivity index (χ0) is 15.6. The number of ether oxygens (including phenoxy) is 1. The minimum absolute atomic E-state index is 0.157. The molecule has 0 aromatic carbocycles. The molecule has 0 bridgehead atoms. The van der Waals surface area contributed by atoms with Gasteiger partial charge in [0.15, 0.2) is 5.82 Å². The average molecular weight is 343 g/mol. The van der Waals surface area contributed by atoms with Gasteiger partial charge in [0.05, 0.1) is 6.10 Å². The summed E-state index contributed by atoms with van der Waals surface area (Å²) in [6, 6.07) is 3.37. The molecule has 0 saturated carbocycles. The molecule has 120 valence electrons. The number of piperidine rings is 1. The molecule has 9 heteroatoms. The second-order valence-corrected chi connectivity index (χ2v) is 8.22. The van der Waals surface area contributed by atoms with Crippen LogP contribution in [-0.4, -0.2) is 42.1 Å². The van der Waals surface area contributed by atoms with Crippen molar-refractivity contribution < 1.29 is 17.7 Å². The van der Waals surface area contributed by atoms with E-state index in [0.717, 1.165) is 12.8 Å². The Morgan fingerprint density at radius 3 is 3.09 bits per heavy atom. The lowest BCUT2D eigenvalue weighted by Gasteiger charge is -2.31. The van der Waals surface area contributed by atoms with E-state index in [1.807, 2.05) is 0 Å². The average Bonchev–Trinajstić information content (AvgIpc) is 3.17. The molecule has 2 aromatic rings.